The Morgan fingerprint density at radius 2 is 2.05 bits per heavy atom. The number of alkyl halides is 3. The quantitative estimate of drug-likeness (QED) is 0.844. The van der Waals surface area contributed by atoms with Crippen LogP contribution in [0.25, 0.3) is 0 Å². The van der Waals surface area contributed by atoms with Crippen LogP contribution in [0.1, 0.15) is 43.6 Å². The van der Waals surface area contributed by atoms with Crippen molar-refractivity contribution in [3.8, 4) is 5.75 Å². The first-order valence-electron chi connectivity index (χ1n) is 6.51. The van der Waals surface area contributed by atoms with Crippen molar-refractivity contribution < 1.29 is 22.7 Å². The third kappa shape index (κ3) is 3.89. The predicted molar refractivity (Wildman–Crippen MR) is 74.3 cm³/mol. The van der Waals surface area contributed by atoms with Gasteiger partial charge in [0.15, 0.2) is 0 Å². The number of hydrogen-bond donors (Lipinski definition) is 0. The van der Waals surface area contributed by atoms with Crippen molar-refractivity contribution in [3.63, 3.8) is 0 Å². The van der Waals surface area contributed by atoms with Gasteiger partial charge in [-0.3, -0.25) is 4.79 Å². The second-order valence-corrected chi connectivity index (χ2v) is 4.87. The van der Waals surface area contributed by atoms with E-state index in [4.69, 9.17) is 0 Å². The van der Waals surface area contributed by atoms with Gasteiger partial charge in [0.1, 0.15) is 5.75 Å². The molecule has 1 heterocycles. The fourth-order valence-electron chi connectivity index (χ4n) is 2.32. The summed E-state index contributed by atoms with van der Waals surface area (Å²) in [7, 11) is 0. The van der Waals surface area contributed by atoms with Gasteiger partial charge >= 0.3 is 6.36 Å². The zero-order chi connectivity index (χ0) is 14.9. The van der Waals surface area contributed by atoms with Gasteiger partial charge in [0.2, 0.25) is 0 Å². The molecule has 118 valence electrons. The smallest absolute Gasteiger partial charge is 0.406 e. The second-order valence-electron chi connectivity index (χ2n) is 4.87. The van der Waals surface area contributed by atoms with E-state index in [-0.39, 0.29) is 25.1 Å². The van der Waals surface area contributed by atoms with E-state index in [0.717, 1.165) is 6.42 Å². The molecule has 1 amide bonds. The number of halogens is 3. The number of ether oxygens (including phenoxy) is 1. The van der Waals surface area contributed by atoms with Crippen LogP contribution in [0.15, 0.2) is 18.2 Å². The maximum atomic E-state index is 12.3. The molecule has 1 unspecified atom stereocenters. The van der Waals surface area contributed by atoms with Gasteiger partial charge in [0, 0.05) is 18.2 Å². The Kier molecular flexibility index (Phi) is 5.25. The van der Waals surface area contributed by atoms with Crippen LogP contribution < -0.4 is 4.74 Å². The van der Waals surface area contributed by atoms with Crippen molar-refractivity contribution >= 4 is 5.91 Å². The van der Waals surface area contributed by atoms with Gasteiger partial charge in [-0.25, -0.2) is 0 Å². The standard InChI is InChI=1S/C14H16F3NO2.CH4/c1-3-9(2)18-7-6-10-8-11(20-14(15,16)17)4-5-12(10)13(18)19;/h4-5,8-9H,3,6-7H2,1-2H3;1H4. The Bertz CT molecular complexity index is 514. The number of benzene rings is 1. The molecule has 0 bridgehead atoms. The number of carbonyl (C=O) groups excluding carboxylic acids is 1. The van der Waals surface area contributed by atoms with Crippen molar-refractivity contribution in [2.75, 3.05) is 6.54 Å². The molecule has 1 aromatic carbocycles. The van der Waals surface area contributed by atoms with E-state index >= 15 is 0 Å². The highest BCUT2D eigenvalue weighted by atomic mass is 19.4. The van der Waals surface area contributed by atoms with E-state index in [9.17, 15) is 18.0 Å². The molecule has 1 aliphatic heterocycles. The average molecular weight is 303 g/mol. The molecule has 1 atom stereocenters. The van der Waals surface area contributed by atoms with E-state index < -0.39 is 6.36 Å². The number of fused-ring (bicyclic) bond motifs is 1. The molecule has 0 N–H and O–H groups in total. The number of amides is 1. The van der Waals surface area contributed by atoms with Gasteiger partial charge in [0.25, 0.3) is 5.91 Å². The summed E-state index contributed by atoms with van der Waals surface area (Å²) in [4.78, 5) is 14.0. The predicted octanol–water partition coefficient (Wildman–Crippen LogP) is 4.02. The Hall–Kier alpha value is -1.72. The van der Waals surface area contributed by atoms with Crippen LogP contribution in [0.4, 0.5) is 13.2 Å². The van der Waals surface area contributed by atoms with Crippen molar-refractivity contribution in [3.05, 3.63) is 29.3 Å². The van der Waals surface area contributed by atoms with Crippen LogP contribution in [0.2, 0.25) is 0 Å². The first-order valence-corrected chi connectivity index (χ1v) is 6.51. The average Bonchev–Trinajstić information content (AvgIpc) is 2.36. The molecule has 0 spiro atoms. The molecule has 1 aliphatic rings. The van der Waals surface area contributed by atoms with E-state index in [1.54, 1.807) is 4.90 Å². The summed E-state index contributed by atoms with van der Waals surface area (Å²) >= 11 is 0. The summed E-state index contributed by atoms with van der Waals surface area (Å²) in [5.74, 6) is -0.403. The zero-order valence-electron chi connectivity index (χ0n) is 11.3. The van der Waals surface area contributed by atoms with Crippen LogP contribution in [-0.4, -0.2) is 29.8 Å². The Morgan fingerprint density at radius 1 is 1.38 bits per heavy atom. The molecule has 21 heavy (non-hydrogen) atoms. The highest BCUT2D eigenvalue weighted by Crippen LogP contribution is 2.28. The minimum absolute atomic E-state index is 0. The molecular weight excluding hydrogens is 283 g/mol. The molecule has 0 radical (unpaired) electrons. The second kappa shape index (κ2) is 6.37. The minimum Gasteiger partial charge on any atom is -0.406 e. The van der Waals surface area contributed by atoms with Crippen LogP contribution in [0, 0.1) is 0 Å². The normalized spacial score (nSPS) is 16.0. The van der Waals surface area contributed by atoms with Gasteiger partial charge < -0.3 is 9.64 Å². The van der Waals surface area contributed by atoms with Crippen LogP contribution in [0.5, 0.6) is 5.75 Å². The van der Waals surface area contributed by atoms with E-state index in [1.807, 2.05) is 13.8 Å². The zero-order valence-corrected chi connectivity index (χ0v) is 11.3. The monoisotopic (exact) mass is 303 g/mol. The lowest BCUT2D eigenvalue weighted by molar-refractivity contribution is -0.274. The molecule has 0 aliphatic carbocycles. The summed E-state index contributed by atoms with van der Waals surface area (Å²) in [6, 6.07) is 4.02. The number of rotatable bonds is 3. The van der Waals surface area contributed by atoms with Crippen LogP contribution in [0.3, 0.4) is 0 Å². The topological polar surface area (TPSA) is 29.5 Å². The Labute approximate surface area is 122 Å². The van der Waals surface area contributed by atoms with Crippen molar-refractivity contribution in [1.29, 1.82) is 0 Å². The van der Waals surface area contributed by atoms with Gasteiger partial charge in [-0.1, -0.05) is 14.4 Å². The maximum Gasteiger partial charge on any atom is 0.573 e. The van der Waals surface area contributed by atoms with Gasteiger partial charge in [-0.2, -0.15) is 0 Å². The third-order valence-corrected chi connectivity index (χ3v) is 3.55. The molecule has 3 nitrogen and oxygen atoms in total. The van der Waals surface area contributed by atoms with Crippen LogP contribution >= 0.6 is 0 Å². The molecule has 1 aromatic rings. The van der Waals surface area contributed by atoms with Gasteiger partial charge in [-0.05, 0) is 43.5 Å². The van der Waals surface area contributed by atoms with Crippen molar-refractivity contribution in [2.45, 2.75) is 46.5 Å². The van der Waals surface area contributed by atoms with Crippen LogP contribution in [-0.2, 0) is 6.42 Å². The molecule has 0 saturated heterocycles. The molecule has 0 saturated carbocycles. The lowest BCUT2D eigenvalue weighted by atomic mass is 9.97. The summed E-state index contributed by atoms with van der Waals surface area (Å²) in [5.41, 5.74) is 1.07. The summed E-state index contributed by atoms with van der Waals surface area (Å²) in [6.07, 6.45) is -3.33. The summed E-state index contributed by atoms with van der Waals surface area (Å²) in [6.45, 7) is 4.48. The molecule has 6 heteroatoms. The molecule has 0 fully saturated rings. The SMILES string of the molecule is C.CCC(C)N1CCc2cc(OC(F)(F)F)ccc2C1=O. The first-order chi connectivity index (χ1) is 9.31. The number of hydrogen-bond acceptors (Lipinski definition) is 2. The van der Waals surface area contributed by atoms with Crippen molar-refractivity contribution in [2.24, 2.45) is 0 Å². The lowest BCUT2D eigenvalue weighted by Gasteiger charge is -2.33. The number of carbonyl (C=O) groups is 1. The van der Waals surface area contributed by atoms with E-state index in [0.29, 0.717) is 24.1 Å². The molecule has 2 rings (SSSR count). The fourth-order valence-corrected chi connectivity index (χ4v) is 2.32. The Morgan fingerprint density at radius 3 is 2.62 bits per heavy atom. The van der Waals surface area contributed by atoms with Gasteiger partial charge in [-0.15, -0.1) is 13.2 Å². The lowest BCUT2D eigenvalue weighted by Crippen LogP contribution is -2.43. The van der Waals surface area contributed by atoms with Gasteiger partial charge in [0.05, 0.1) is 0 Å². The molecule has 0 aromatic heterocycles. The minimum atomic E-state index is -4.71. The number of nitrogens with zero attached hydrogens (tertiary/aromatic N) is 1. The largest absolute Gasteiger partial charge is 0.573 e. The third-order valence-electron chi connectivity index (χ3n) is 3.55. The maximum absolute atomic E-state index is 12.3. The Balaban J connectivity index is 0.00000220. The van der Waals surface area contributed by atoms with E-state index in [1.165, 1.54) is 18.2 Å². The van der Waals surface area contributed by atoms with E-state index in [2.05, 4.69) is 4.74 Å². The highest BCUT2D eigenvalue weighted by Gasteiger charge is 2.32. The molecular formula is C15H20F3NO2. The van der Waals surface area contributed by atoms with Crippen molar-refractivity contribution in [1.82, 2.24) is 4.90 Å². The summed E-state index contributed by atoms with van der Waals surface area (Å²) < 4.78 is 40.4. The first kappa shape index (κ1) is 17.3. The highest BCUT2D eigenvalue weighted by molar-refractivity contribution is 5.97. The summed E-state index contributed by atoms with van der Waals surface area (Å²) in [5, 5.41) is 0. The fraction of sp³-hybridized carbons (Fsp3) is 0.533.